The van der Waals surface area contributed by atoms with E-state index in [0.29, 0.717) is 12.1 Å². The van der Waals surface area contributed by atoms with E-state index in [1.54, 1.807) is 0 Å². The molecule has 0 spiro atoms. The van der Waals surface area contributed by atoms with Crippen LogP contribution >= 0.6 is 0 Å². The molecule has 0 aliphatic carbocycles. The van der Waals surface area contributed by atoms with Crippen molar-refractivity contribution in [1.29, 1.82) is 0 Å². The molecule has 0 amide bonds. The lowest BCUT2D eigenvalue weighted by atomic mass is 10.1. The molecule has 16 heavy (non-hydrogen) atoms. The summed E-state index contributed by atoms with van der Waals surface area (Å²) in [7, 11) is 0. The zero-order valence-electron chi connectivity index (χ0n) is 10.4. The van der Waals surface area contributed by atoms with Gasteiger partial charge in [-0.1, -0.05) is 13.0 Å². The minimum absolute atomic E-state index is 0.296. The fourth-order valence-electron chi connectivity index (χ4n) is 1.60. The first kappa shape index (κ1) is 13.1. The van der Waals surface area contributed by atoms with Gasteiger partial charge in [-0.15, -0.1) is 0 Å². The number of ether oxygens (including phenoxy) is 1. The highest BCUT2D eigenvalue weighted by atomic mass is 16.5. The molecule has 0 radical (unpaired) electrons. The van der Waals surface area contributed by atoms with Crippen molar-refractivity contribution in [2.75, 3.05) is 13.2 Å². The molecule has 0 aliphatic heterocycles. The van der Waals surface area contributed by atoms with E-state index in [2.05, 4.69) is 37.1 Å². The smallest absolute Gasteiger partial charge is 0.0574 e. The van der Waals surface area contributed by atoms with E-state index in [9.17, 15) is 0 Å². The number of hydrogen-bond donors (Lipinski definition) is 1. The molecule has 0 saturated heterocycles. The summed E-state index contributed by atoms with van der Waals surface area (Å²) in [5.41, 5.74) is 1.09. The van der Waals surface area contributed by atoms with E-state index in [4.69, 9.17) is 4.74 Å². The Hall–Kier alpha value is -0.930. The van der Waals surface area contributed by atoms with Gasteiger partial charge in [-0.2, -0.15) is 0 Å². The maximum Gasteiger partial charge on any atom is 0.0574 e. The van der Waals surface area contributed by atoms with E-state index in [1.165, 1.54) is 0 Å². The molecule has 0 fully saturated rings. The molecule has 1 unspecified atom stereocenters. The van der Waals surface area contributed by atoms with E-state index < -0.39 is 0 Å². The Morgan fingerprint density at radius 2 is 2.19 bits per heavy atom. The molecule has 0 aliphatic rings. The summed E-state index contributed by atoms with van der Waals surface area (Å²) in [5.74, 6) is 0. The van der Waals surface area contributed by atoms with Gasteiger partial charge in [0.25, 0.3) is 0 Å². The number of pyridine rings is 1. The topological polar surface area (TPSA) is 34.1 Å². The Morgan fingerprint density at radius 3 is 2.75 bits per heavy atom. The van der Waals surface area contributed by atoms with Crippen LogP contribution in [0.15, 0.2) is 24.4 Å². The van der Waals surface area contributed by atoms with Crippen LogP contribution in [0.25, 0.3) is 0 Å². The molecule has 0 bridgehead atoms. The quantitative estimate of drug-likeness (QED) is 0.770. The fraction of sp³-hybridized carbons (Fsp3) is 0.615. The van der Waals surface area contributed by atoms with Crippen molar-refractivity contribution in [3.8, 4) is 0 Å². The summed E-state index contributed by atoms with van der Waals surface area (Å²) >= 11 is 0. The van der Waals surface area contributed by atoms with Crippen LogP contribution in [0.5, 0.6) is 0 Å². The zero-order chi connectivity index (χ0) is 11.8. The zero-order valence-corrected chi connectivity index (χ0v) is 10.4. The van der Waals surface area contributed by atoms with Gasteiger partial charge < -0.3 is 10.1 Å². The molecule has 1 N–H and O–H groups in total. The first-order valence-corrected chi connectivity index (χ1v) is 6.00. The number of aromatic nitrogens is 1. The van der Waals surface area contributed by atoms with Gasteiger partial charge in [0.1, 0.15) is 0 Å². The third-order valence-corrected chi connectivity index (χ3v) is 2.35. The highest BCUT2D eigenvalue weighted by Gasteiger charge is 2.10. The molecule has 3 heteroatoms. The van der Waals surface area contributed by atoms with Crippen molar-refractivity contribution in [1.82, 2.24) is 10.3 Å². The van der Waals surface area contributed by atoms with E-state index in [1.807, 2.05) is 18.3 Å². The van der Waals surface area contributed by atoms with Gasteiger partial charge in [0.15, 0.2) is 0 Å². The van der Waals surface area contributed by atoms with Gasteiger partial charge in [-0.3, -0.25) is 4.98 Å². The lowest BCUT2D eigenvalue weighted by Crippen LogP contribution is -2.23. The standard InChI is InChI=1S/C13H22N2O/c1-4-14-13(8-10-16-11(2)3)12-7-5-6-9-15-12/h5-7,9,11,13-14H,4,8,10H2,1-3H3. The van der Waals surface area contributed by atoms with Crippen molar-refractivity contribution < 1.29 is 4.74 Å². The average Bonchev–Trinajstić information content (AvgIpc) is 2.29. The summed E-state index contributed by atoms with van der Waals surface area (Å²) < 4.78 is 5.57. The van der Waals surface area contributed by atoms with E-state index in [-0.39, 0.29) is 0 Å². The second-order valence-corrected chi connectivity index (χ2v) is 4.07. The minimum atomic E-state index is 0.296. The Bertz CT molecular complexity index is 275. The normalized spacial score (nSPS) is 13.0. The van der Waals surface area contributed by atoms with Crippen molar-refractivity contribution in [2.24, 2.45) is 0 Å². The highest BCUT2D eigenvalue weighted by molar-refractivity contribution is 5.08. The van der Waals surface area contributed by atoms with E-state index >= 15 is 0 Å². The van der Waals surface area contributed by atoms with Crippen LogP contribution in [0.4, 0.5) is 0 Å². The molecule has 90 valence electrons. The summed E-state index contributed by atoms with van der Waals surface area (Å²) in [5, 5.41) is 3.43. The molecular formula is C13H22N2O. The molecular weight excluding hydrogens is 200 g/mol. The predicted octanol–water partition coefficient (Wildman–Crippen LogP) is 2.55. The second-order valence-electron chi connectivity index (χ2n) is 4.07. The van der Waals surface area contributed by atoms with Crippen LogP contribution in [-0.2, 0) is 4.74 Å². The van der Waals surface area contributed by atoms with Gasteiger partial charge in [-0.25, -0.2) is 0 Å². The number of nitrogens with one attached hydrogen (secondary N) is 1. The maximum absolute atomic E-state index is 5.57. The van der Waals surface area contributed by atoms with Crippen molar-refractivity contribution in [2.45, 2.75) is 39.3 Å². The largest absolute Gasteiger partial charge is 0.379 e. The third kappa shape index (κ3) is 4.73. The van der Waals surface area contributed by atoms with Crippen molar-refractivity contribution >= 4 is 0 Å². The Balaban J connectivity index is 2.48. The van der Waals surface area contributed by atoms with Crippen molar-refractivity contribution in [3.05, 3.63) is 30.1 Å². The maximum atomic E-state index is 5.57. The summed E-state index contributed by atoms with van der Waals surface area (Å²) in [6, 6.07) is 6.32. The van der Waals surface area contributed by atoms with Gasteiger partial charge in [0, 0.05) is 12.8 Å². The Kier molecular flexibility index (Phi) is 6.04. The van der Waals surface area contributed by atoms with Crippen LogP contribution in [0.3, 0.4) is 0 Å². The van der Waals surface area contributed by atoms with E-state index in [0.717, 1.165) is 25.3 Å². The third-order valence-electron chi connectivity index (χ3n) is 2.35. The molecule has 1 aromatic rings. The average molecular weight is 222 g/mol. The summed E-state index contributed by atoms with van der Waals surface area (Å²) in [4.78, 5) is 4.38. The van der Waals surface area contributed by atoms with Gasteiger partial charge >= 0.3 is 0 Å². The Morgan fingerprint density at radius 1 is 1.38 bits per heavy atom. The summed E-state index contributed by atoms with van der Waals surface area (Å²) in [6.45, 7) is 7.94. The molecule has 1 rings (SSSR count). The van der Waals surface area contributed by atoms with Gasteiger partial charge in [-0.05, 0) is 38.9 Å². The number of rotatable bonds is 7. The number of hydrogen-bond acceptors (Lipinski definition) is 3. The molecule has 1 atom stereocenters. The minimum Gasteiger partial charge on any atom is -0.379 e. The van der Waals surface area contributed by atoms with Crippen LogP contribution in [-0.4, -0.2) is 24.2 Å². The monoisotopic (exact) mass is 222 g/mol. The molecule has 3 nitrogen and oxygen atoms in total. The van der Waals surface area contributed by atoms with Crippen LogP contribution < -0.4 is 5.32 Å². The van der Waals surface area contributed by atoms with Crippen LogP contribution in [0.2, 0.25) is 0 Å². The SMILES string of the molecule is CCNC(CCOC(C)C)c1ccccn1. The van der Waals surface area contributed by atoms with Gasteiger partial charge in [0.05, 0.1) is 17.8 Å². The number of nitrogens with zero attached hydrogens (tertiary/aromatic N) is 1. The summed E-state index contributed by atoms with van der Waals surface area (Å²) in [6.07, 6.45) is 3.09. The highest BCUT2D eigenvalue weighted by Crippen LogP contribution is 2.13. The van der Waals surface area contributed by atoms with Gasteiger partial charge in [0.2, 0.25) is 0 Å². The predicted molar refractivity (Wildman–Crippen MR) is 66.4 cm³/mol. The van der Waals surface area contributed by atoms with Crippen molar-refractivity contribution in [3.63, 3.8) is 0 Å². The molecule has 0 aromatic carbocycles. The van der Waals surface area contributed by atoms with Crippen LogP contribution in [0.1, 0.15) is 38.9 Å². The Labute approximate surface area is 98.2 Å². The fourth-order valence-corrected chi connectivity index (χ4v) is 1.60. The lowest BCUT2D eigenvalue weighted by molar-refractivity contribution is 0.0713. The molecule has 1 heterocycles. The first-order chi connectivity index (χ1) is 7.74. The molecule has 1 aromatic heterocycles. The molecule has 0 saturated carbocycles. The lowest BCUT2D eigenvalue weighted by Gasteiger charge is -2.18. The van der Waals surface area contributed by atoms with Crippen LogP contribution in [0, 0.1) is 0 Å². The first-order valence-electron chi connectivity index (χ1n) is 6.00. The second kappa shape index (κ2) is 7.36.